The highest BCUT2D eigenvalue weighted by molar-refractivity contribution is 5.12. The van der Waals surface area contributed by atoms with E-state index in [1.807, 2.05) is 37.1 Å². The molecule has 0 saturated carbocycles. The molecule has 0 radical (unpaired) electrons. The van der Waals surface area contributed by atoms with Crippen molar-refractivity contribution >= 4 is 0 Å². The first-order valence-corrected chi connectivity index (χ1v) is 6.55. The van der Waals surface area contributed by atoms with Gasteiger partial charge in [0.2, 0.25) is 0 Å². The molecule has 0 fully saturated rings. The number of likely N-dealkylation sites (N-methyl/N-ethyl adjacent to an activating group) is 1. The van der Waals surface area contributed by atoms with Crippen LogP contribution in [-0.4, -0.2) is 33.0 Å². The summed E-state index contributed by atoms with van der Waals surface area (Å²) in [7, 11) is 2.09. The fourth-order valence-electron chi connectivity index (χ4n) is 2.29. The number of pyridine rings is 1. The molecule has 0 spiro atoms. The van der Waals surface area contributed by atoms with E-state index in [1.165, 1.54) is 11.3 Å². The van der Waals surface area contributed by atoms with E-state index in [0.717, 1.165) is 13.1 Å². The lowest BCUT2D eigenvalue weighted by molar-refractivity contribution is 0.232. The molecule has 19 heavy (non-hydrogen) atoms. The van der Waals surface area contributed by atoms with Crippen LogP contribution in [0.5, 0.6) is 0 Å². The van der Waals surface area contributed by atoms with Crippen molar-refractivity contribution in [1.29, 1.82) is 0 Å². The Kier molecular flexibility index (Phi) is 4.65. The van der Waals surface area contributed by atoms with E-state index in [4.69, 9.17) is 5.73 Å². The number of aromatic nitrogens is 3. The van der Waals surface area contributed by atoms with Gasteiger partial charge in [0.15, 0.2) is 0 Å². The molecule has 2 aromatic rings. The second-order valence-electron chi connectivity index (χ2n) is 4.63. The van der Waals surface area contributed by atoms with E-state index in [-0.39, 0.29) is 6.04 Å². The van der Waals surface area contributed by atoms with Crippen LogP contribution >= 0.6 is 0 Å². The minimum Gasteiger partial charge on any atom is -0.333 e. The van der Waals surface area contributed by atoms with Crippen molar-refractivity contribution in [3.8, 4) is 0 Å². The second-order valence-corrected chi connectivity index (χ2v) is 4.63. The van der Waals surface area contributed by atoms with Gasteiger partial charge in [0.25, 0.3) is 0 Å². The molecule has 5 nitrogen and oxygen atoms in total. The lowest BCUT2D eigenvalue weighted by Crippen LogP contribution is -2.31. The first-order chi connectivity index (χ1) is 9.26. The van der Waals surface area contributed by atoms with E-state index in [0.29, 0.717) is 6.54 Å². The lowest BCUT2D eigenvalue weighted by Gasteiger charge is -2.27. The monoisotopic (exact) mass is 259 g/mol. The van der Waals surface area contributed by atoms with Crippen LogP contribution in [0.3, 0.4) is 0 Å². The molecule has 1 unspecified atom stereocenters. The first kappa shape index (κ1) is 13.7. The van der Waals surface area contributed by atoms with Crippen LogP contribution in [0, 0.1) is 0 Å². The van der Waals surface area contributed by atoms with Crippen LogP contribution in [0.2, 0.25) is 0 Å². The number of rotatable bonds is 6. The van der Waals surface area contributed by atoms with Gasteiger partial charge in [0.1, 0.15) is 0 Å². The van der Waals surface area contributed by atoms with Gasteiger partial charge >= 0.3 is 0 Å². The average Bonchev–Trinajstić information content (AvgIpc) is 2.89. The van der Waals surface area contributed by atoms with Crippen molar-refractivity contribution in [1.82, 2.24) is 19.4 Å². The molecule has 2 N–H and O–H groups in total. The van der Waals surface area contributed by atoms with Crippen molar-refractivity contribution in [2.75, 3.05) is 13.6 Å². The molecule has 0 aliphatic carbocycles. The molecule has 2 rings (SSSR count). The summed E-state index contributed by atoms with van der Waals surface area (Å²) in [4.78, 5) is 10.5. The fraction of sp³-hybridized carbons (Fsp3) is 0.429. The predicted molar refractivity (Wildman–Crippen MR) is 75.4 cm³/mol. The summed E-state index contributed by atoms with van der Waals surface area (Å²) < 4.78 is 2.14. The maximum atomic E-state index is 5.95. The second kappa shape index (κ2) is 6.45. The third-order valence-electron chi connectivity index (χ3n) is 3.36. The van der Waals surface area contributed by atoms with Gasteiger partial charge in [-0.1, -0.05) is 0 Å². The van der Waals surface area contributed by atoms with E-state index in [2.05, 4.69) is 33.4 Å². The van der Waals surface area contributed by atoms with Crippen molar-refractivity contribution < 1.29 is 0 Å². The highest BCUT2D eigenvalue weighted by atomic mass is 15.2. The summed E-state index contributed by atoms with van der Waals surface area (Å²) in [5.41, 5.74) is 8.35. The maximum absolute atomic E-state index is 5.95. The average molecular weight is 259 g/mol. The van der Waals surface area contributed by atoms with E-state index in [9.17, 15) is 0 Å². The maximum Gasteiger partial charge on any atom is 0.0948 e. The number of hydrogen-bond acceptors (Lipinski definition) is 4. The third-order valence-corrected chi connectivity index (χ3v) is 3.36. The zero-order valence-corrected chi connectivity index (χ0v) is 11.5. The fourth-order valence-corrected chi connectivity index (χ4v) is 2.29. The van der Waals surface area contributed by atoms with Gasteiger partial charge in [0.05, 0.1) is 18.1 Å². The van der Waals surface area contributed by atoms with Crippen LogP contribution in [-0.2, 0) is 13.1 Å². The summed E-state index contributed by atoms with van der Waals surface area (Å²) in [6, 6.07) is 4.23. The molecule has 102 valence electrons. The Labute approximate surface area is 114 Å². The topological polar surface area (TPSA) is 60.0 Å². The molecule has 5 heteroatoms. The van der Waals surface area contributed by atoms with Crippen LogP contribution in [0.1, 0.15) is 24.2 Å². The lowest BCUT2D eigenvalue weighted by atomic mass is 10.1. The molecule has 0 bridgehead atoms. The number of hydrogen-bond donors (Lipinski definition) is 1. The van der Waals surface area contributed by atoms with Crippen molar-refractivity contribution in [3.05, 3.63) is 48.3 Å². The predicted octanol–water partition coefficient (Wildman–Crippen LogP) is 1.43. The largest absolute Gasteiger partial charge is 0.333 e. The third kappa shape index (κ3) is 3.19. The summed E-state index contributed by atoms with van der Waals surface area (Å²) >= 11 is 0. The summed E-state index contributed by atoms with van der Waals surface area (Å²) in [6.45, 7) is 4.45. The summed E-state index contributed by atoms with van der Waals surface area (Å²) in [6.07, 6.45) is 7.40. The number of imidazole rings is 1. The van der Waals surface area contributed by atoms with Gasteiger partial charge in [-0.2, -0.15) is 0 Å². The molecule has 0 amide bonds. The minimum absolute atomic E-state index is 0.176. The normalized spacial score (nSPS) is 12.8. The van der Waals surface area contributed by atoms with Gasteiger partial charge in [-0.25, -0.2) is 4.98 Å². The van der Waals surface area contributed by atoms with Gasteiger partial charge in [-0.05, 0) is 31.7 Å². The Morgan fingerprint density at radius 1 is 1.32 bits per heavy atom. The number of nitrogens with zero attached hydrogens (tertiary/aromatic N) is 4. The van der Waals surface area contributed by atoms with Gasteiger partial charge in [-0.15, -0.1) is 0 Å². The molecule has 0 aliphatic heterocycles. The first-order valence-electron chi connectivity index (χ1n) is 6.55. The van der Waals surface area contributed by atoms with Crippen molar-refractivity contribution in [2.45, 2.75) is 26.1 Å². The standard InChI is InChI=1S/C14H21N5/c1-3-19-11-17-9-14(19)13(8-15)18(2)10-12-4-6-16-7-5-12/h4-7,9,11,13H,3,8,10,15H2,1-2H3. The zero-order valence-electron chi connectivity index (χ0n) is 11.5. The molecule has 2 heterocycles. The Morgan fingerprint density at radius 2 is 2.05 bits per heavy atom. The quantitative estimate of drug-likeness (QED) is 0.852. The van der Waals surface area contributed by atoms with Crippen LogP contribution in [0.15, 0.2) is 37.1 Å². The Bertz CT molecular complexity index is 494. The number of aryl methyl sites for hydroxylation is 1. The Morgan fingerprint density at radius 3 is 2.68 bits per heavy atom. The smallest absolute Gasteiger partial charge is 0.0948 e. The van der Waals surface area contributed by atoms with Crippen LogP contribution in [0.4, 0.5) is 0 Å². The molecular formula is C14H21N5. The summed E-state index contributed by atoms with van der Waals surface area (Å²) in [5.74, 6) is 0. The van der Waals surface area contributed by atoms with Crippen molar-refractivity contribution in [2.24, 2.45) is 5.73 Å². The molecule has 0 aliphatic rings. The van der Waals surface area contributed by atoms with E-state index < -0.39 is 0 Å². The highest BCUT2D eigenvalue weighted by Crippen LogP contribution is 2.19. The molecule has 0 saturated heterocycles. The van der Waals surface area contributed by atoms with Gasteiger partial charge < -0.3 is 10.3 Å². The van der Waals surface area contributed by atoms with Gasteiger partial charge in [-0.3, -0.25) is 9.88 Å². The van der Waals surface area contributed by atoms with Gasteiger partial charge in [0, 0.05) is 38.2 Å². The van der Waals surface area contributed by atoms with Crippen molar-refractivity contribution in [3.63, 3.8) is 0 Å². The summed E-state index contributed by atoms with van der Waals surface area (Å²) in [5, 5.41) is 0. The number of nitrogens with two attached hydrogens (primary N) is 1. The molecular weight excluding hydrogens is 238 g/mol. The molecule has 2 aromatic heterocycles. The van der Waals surface area contributed by atoms with E-state index in [1.54, 1.807) is 0 Å². The van der Waals surface area contributed by atoms with Crippen LogP contribution in [0.25, 0.3) is 0 Å². The Balaban J connectivity index is 2.13. The minimum atomic E-state index is 0.176. The Hall–Kier alpha value is -1.72. The van der Waals surface area contributed by atoms with Crippen LogP contribution < -0.4 is 5.73 Å². The zero-order chi connectivity index (χ0) is 13.7. The molecule has 0 aromatic carbocycles. The molecule has 1 atom stereocenters. The van der Waals surface area contributed by atoms with E-state index >= 15 is 0 Å². The SMILES string of the molecule is CCn1cncc1C(CN)N(C)Cc1ccncc1. The highest BCUT2D eigenvalue weighted by Gasteiger charge is 2.19.